The van der Waals surface area contributed by atoms with Crippen molar-refractivity contribution in [3.05, 3.63) is 58.5 Å². The Hall–Kier alpha value is -1.29. The second-order valence-corrected chi connectivity index (χ2v) is 4.13. The monoisotopic (exact) mass is 251 g/mol. The molecule has 0 saturated carbocycles. The van der Waals surface area contributed by atoms with E-state index in [1.54, 1.807) is 6.26 Å². The van der Waals surface area contributed by atoms with Crippen molar-refractivity contribution in [3.63, 3.8) is 0 Å². The normalized spacial score (nSPS) is 10.7. The van der Waals surface area contributed by atoms with Gasteiger partial charge in [0.25, 0.3) is 0 Å². The van der Waals surface area contributed by atoms with Gasteiger partial charge in [0, 0.05) is 10.6 Å². The van der Waals surface area contributed by atoms with Crippen LogP contribution in [0.1, 0.15) is 16.9 Å². The molecule has 0 amide bonds. The lowest BCUT2D eigenvalue weighted by Crippen LogP contribution is -2.00. The summed E-state index contributed by atoms with van der Waals surface area (Å²) in [5, 5.41) is 0.731. The zero-order valence-corrected chi connectivity index (χ0v) is 10.1. The predicted octanol–water partition coefficient (Wildman–Crippen LogP) is 3.11. The van der Waals surface area contributed by atoms with Crippen LogP contribution in [0.25, 0.3) is 0 Å². The molecule has 0 radical (unpaired) electrons. The van der Waals surface area contributed by atoms with Gasteiger partial charge in [0.2, 0.25) is 0 Å². The third-order valence-corrected chi connectivity index (χ3v) is 2.71. The molecule has 3 nitrogen and oxygen atoms in total. The molecule has 0 unspecified atom stereocenters. The number of benzene rings is 1. The number of nitrogens with two attached hydrogens (primary N) is 1. The molecular formula is C13H14ClNO2. The Morgan fingerprint density at radius 3 is 2.59 bits per heavy atom. The van der Waals surface area contributed by atoms with Crippen LogP contribution in [-0.2, 0) is 24.5 Å². The lowest BCUT2D eigenvalue weighted by atomic mass is 10.2. The van der Waals surface area contributed by atoms with Crippen molar-refractivity contribution in [2.75, 3.05) is 0 Å². The van der Waals surface area contributed by atoms with Crippen molar-refractivity contribution in [1.82, 2.24) is 0 Å². The number of rotatable bonds is 5. The van der Waals surface area contributed by atoms with Gasteiger partial charge in [-0.3, -0.25) is 0 Å². The number of halogens is 1. The summed E-state index contributed by atoms with van der Waals surface area (Å²) >= 11 is 5.80. The van der Waals surface area contributed by atoms with Crippen molar-refractivity contribution in [2.24, 2.45) is 5.73 Å². The average molecular weight is 252 g/mol. The average Bonchev–Trinajstić information content (AvgIpc) is 2.79. The minimum atomic E-state index is 0.395. The number of hydrogen-bond donors (Lipinski definition) is 1. The van der Waals surface area contributed by atoms with E-state index in [0.717, 1.165) is 21.9 Å². The summed E-state index contributed by atoms with van der Waals surface area (Å²) < 4.78 is 10.8. The zero-order chi connectivity index (χ0) is 12.1. The summed E-state index contributed by atoms with van der Waals surface area (Å²) in [6.45, 7) is 1.45. The molecule has 2 N–H and O–H groups in total. The van der Waals surface area contributed by atoms with Crippen molar-refractivity contribution < 1.29 is 9.15 Å². The summed E-state index contributed by atoms with van der Waals surface area (Å²) in [6, 6.07) is 9.47. The minimum Gasteiger partial charge on any atom is -0.468 e. The highest BCUT2D eigenvalue weighted by Crippen LogP contribution is 2.14. The smallest absolute Gasteiger partial charge is 0.122 e. The molecule has 17 heavy (non-hydrogen) atoms. The Morgan fingerprint density at radius 2 is 1.88 bits per heavy atom. The van der Waals surface area contributed by atoms with E-state index < -0.39 is 0 Å². The summed E-state index contributed by atoms with van der Waals surface area (Å²) in [6.07, 6.45) is 1.63. The zero-order valence-electron chi connectivity index (χ0n) is 9.36. The fraction of sp³-hybridized carbons (Fsp3) is 0.231. The summed E-state index contributed by atoms with van der Waals surface area (Å²) in [7, 11) is 0. The molecule has 0 aliphatic rings. The molecule has 0 atom stereocenters. The van der Waals surface area contributed by atoms with Gasteiger partial charge in [-0.1, -0.05) is 23.7 Å². The fourth-order valence-electron chi connectivity index (χ4n) is 1.53. The second kappa shape index (κ2) is 5.87. The minimum absolute atomic E-state index is 0.395. The molecule has 4 heteroatoms. The molecule has 0 aliphatic carbocycles. The summed E-state index contributed by atoms with van der Waals surface area (Å²) in [5.41, 5.74) is 7.62. The highest BCUT2D eigenvalue weighted by Gasteiger charge is 2.04. The third kappa shape index (κ3) is 3.33. The molecule has 0 saturated heterocycles. The van der Waals surface area contributed by atoms with Gasteiger partial charge < -0.3 is 14.9 Å². The Balaban J connectivity index is 1.85. The van der Waals surface area contributed by atoms with Crippen LogP contribution < -0.4 is 5.73 Å². The van der Waals surface area contributed by atoms with Crippen molar-refractivity contribution in [2.45, 2.75) is 19.8 Å². The molecule has 90 valence electrons. The van der Waals surface area contributed by atoms with Gasteiger partial charge in [-0.05, 0) is 23.8 Å². The molecule has 1 heterocycles. The quantitative estimate of drug-likeness (QED) is 0.888. The van der Waals surface area contributed by atoms with Gasteiger partial charge in [-0.25, -0.2) is 0 Å². The van der Waals surface area contributed by atoms with Crippen molar-refractivity contribution >= 4 is 11.6 Å². The van der Waals surface area contributed by atoms with E-state index in [-0.39, 0.29) is 0 Å². The lowest BCUT2D eigenvalue weighted by molar-refractivity contribution is 0.106. The van der Waals surface area contributed by atoms with Crippen LogP contribution in [0.2, 0.25) is 5.02 Å². The van der Waals surface area contributed by atoms with Gasteiger partial charge in [0.05, 0.1) is 26.0 Å². The second-order valence-electron chi connectivity index (χ2n) is 3.69. The molecular weight excluding hydrogens is 238 g/mol. The maximum atomic E-state index is 5.80. The Morgan fingerprint density at radius 1 is 1.12 bits per heavy atom. The van der Waals surface area contributed by atoms with E-state index in [1.807, 2.05) is 30.3 Å². The SMILES string of the molecule is NCc1occc1COCc1ccc(Cl)cc1. The highest BCUT2D eigenvalue weighted by atomic mass is 35.5. The third-order valence-electron chi connectivity index (χ3n) is 2.46. The Kier molecular flexibility index (Phi) is 4.20. The van der Waals surface area contributed by atoms with E-state index in [4.69, 9.17) is 26.5 Å². The van der Waals surface area contributed by atoms with Gasteiger partial charge in [-0.2, -0.15) is 0 Å². The van der Waals surface area contributed by atoms with Gasteiger partial charge >= 0.3 is 0 Å². The van der Waals surface area contributed by atoms with Crippen molar-refractivity contribution in [3.8, 4) is 0 Å². The summed E-state index contributed by atoms with van der Waals surface area (Å²) in [4.78, 5) is 0. The standard InChI is InChI=1S/C13H14ClNO2/c14-12-3-1-10(2-4-12)8-16-9-11-5-6-17-13(11)7-15/h1-6H,7-9,15H2. The molecule has 2 rings (SSSR count). The van der Waals surface area contributed by atoms with Crippen LogP contribution in [0.4, 0.5) is 0 Å². The molecule has 0 fully saturated rings. The fourth-order valence-corrected chi connectivity index (χ4v) is 1.66. The summed E-state index contributed by atoms with van der Waals surface area (Å²) in [5.74, 6) is 0.779. The Labute approximate surface area is 105 Å². The Bertz CT molecular complexity index is 465. The molecule has 1 aromatic heterocycles. The van der Waals surface area contributed by atoms with Crippen molar-refractivity contribution in [1.29, 1.82) is 0 Å². The van der Waals surface area contributed by atoms with E-state index in [0.29, 0.717) is 19.8 Å². The number of ether oxygens (including phenoxy) is 1. The van der Waals surface area contributed by atoms with E-state index in [2.05, 4.69) is 0 Å². The molecule has 0 spiro atoms. The van der Waals surface area contributed by atoms with Gasteiger partial charge in [-0.15, -0.1) is 0 Å². The first-order valence-electron chi connectivity index (χ1n) is 5.37. The maximum absolute atomic E-state index is 5.80. The first-order valence-corrected chi connectivity index (χ1v) is 5.75. The van der Waals surface area contributed by atoms with Gasteiger partial charge in [0.15, 0.2) is 0 Å². The topological polar surface area (TPSA) is 48.4 Å². The van der Waals surface area contributed by atoms with Crippen LogP contribution in [-0.4, -0.2) is 0 Å². The lowest BCUT2D eigenvalue weighted by Gasteiger charge is -2.04. The predicted molar refractivity (Wildman–Crippen MR) is 66.5 cm³/mol. The van der Waals surface area contributed by atoms with Crippen LogP contribution in [0.5, 0.6) is 0 Å². The number of furan rings is 1. The van der Waals surface area contributed by atoms with E-state index in [1.165, 1.54) is 0 Å². The van der Waals surface area contributed by atoms with E-state index >= 15 is 0 Å². The first-order chi connectivity index (χ1) is 8.29. The molecule has 2 aromatic rings. The number of hydrogen-bond acceptors (Lipinski definition) is 3. The van der Waals surface area contributed by atoms with Gasteiger partial charge in [0.1, 0.15) is 5.76 Å². The van der Waals surface area contributed by atoms with E-state index in [9.17, 15) is 0 Å². The molecule has 1 aromatic carbocycles. The largest absolute Gasteiger partial charge is 0.468 e. The van der Waals surface area contributed by atoms with Crippen LogP contribution in [0.3, 0.4) is 0 Å². The molecule has 0 aliphatic heterocycles. The highest BCUT2D eigenvalue weighted by molar-refractivity contribution is 6.30. The van der Waals surface area contributed by atoms with Crippen LogP contribution in [0.15, 0.2) is 41.0 Å². The van der Waals surface area contributed by atoms with Crippen LogP contribution in [0, 0.1) is 0 Å². The first kappa shape index (κ1) is 12.2. The van der Waals surface area contributed by atoms with Crippen LogP contribution >= 0.6 is 11.6 Å². The molecule has 0 bridgehead atoms. The maximum Gasteiger partial charge on any atom is 0.122 e.